The lowest BCUT2D eigenvalue weighted by Crippen LogP contribution is -2.30. The highest BCUT2D eigenvalue weighted by Gasteiger charge is 2.18. The summed E-state index contributed by atoms with van der Waals surface area (Å²) < 4.78 is 46.2. The summed E-state index contributed by atoms with van der Waals surface area (Å²) in [7, 11) is 0. The summed E-state index contributed by atoms with van der Waals surface area (Å²) in [5.74, 6) is -2.40. The van der Waals surface area contributed by atoms with Gasteiger partial charge < -0.3 is 9.64 Å². The number of carbonyl (C=O) groups is 1. The zero-order valence-corrected chi connectivity index (χ0v) is 16.7. The normalized spacial score (nSPS) is 10.8. The van der Waals surface area contributed by atoms with Gasteiger partial charge in [0.25, 0.3) is 5.91 Å². The van der Waals surface area contributed by atoms with E-state index >= 15 is 0 Å². The number of halogens is 3. The van der Waals surface area contributed by atoms with Crippen LogP contribution in [0.15, 0.2) is 41.8 Å². The molecule has 1 aromatic heterocycles. The Morgan fingerprint density at radius 3 is 2.45 bits per heavy atom. The van der Waals surface area contributed by atoms with Crippen LogP contribution in [-0.4, -0.2) is 28.9 Å². The number of carbonyl (C=O) groups excluding carboxylic acids is 1. The molecule has 3 rings (SSSR count). The Bertz CT molecular complexity index is 1020. The molecule has 0 aliphatic rings. The van der Waals surface area contributed by atoms with E-state index in [9.17, 15) is 18.0 Å². The number of aromatic nitrogens is 1. The van der Waals surface area contributed by atoms with E-state index in [1.165, 1.54) is 29.5 Å². The third-order valence-corrected chi connectivity index (χ3v) is 5.21. The monoisotopic (exact) mass is 420 g/mol. The predicted octanol–water partition coefficient (Wildman–Crippen LogP) is 5.29. The molecule has 0 atom stereocenters. The van der Waals surface area contributed by atoms with E-state index in [4.69, 9.17) is 4.74 Å². The molecule has 0 unspecified atom stereocenters. The first-order chi connectivity index (χ1) is 13.9. The maximum atomic E-state index is 14.6. The molecule has 1 amide bonds. The van der Waals surface area contributed by atoms with E-state index in [1.54, 1.807) is 16.3 Å². The summed E-state index contributed by atoms with van der Waals surface area (Å²) in [5, 5.41) is 2.01. The van der Waals surface area contributed by atoms with Gasteiger partial charge in [-0.2, -0.15) is 0 Å². The van der Waals surface area contributed by atoms with Crippen LogP contribution in [0.2, 0.25) is 0 Å². The molecule has 3 aromatic rings. The van der Waals surface area contributed by atoms with Crippen LogP contribution in [-0.2, 0) is 6.61 Å². The molecule has 2 aromatic carbocycles. The fourth-order valence-electron chi connectivity index (χ4n) is 2.72. The number of thiazole rings is 1. The average Bonchev–Trinajstić information content (AvgIpc) is 3.19. The van der Waals surface area contributed by atoms with Gasteiger partial charge in [0.05, 0.1) is 0 Å². The number of nitrogens with zero attached hydrogens (tertiary/aromatic N) is 2. The van der Waals surface area contributed by atoms with Crippen molar-refractivity contribution in [2.24, 2.45) is 0 Å². The number of rotatable bonds is 7. The molecule has 8 heteroatoms. The summed E-state index contributed by atoms with van der Waals surface area (Å²) in [5.41, 5.74) is 0.966. The van der Waals surface area contributed by atoms with E-state index in [1.807, 2.05) is 13.8 Å². The SMILES string of the molecule is CCN(CC)C(=O)c1csc(-c2ccc(OCc3ccc(F)c(F)c3)cc2F)n1. The lowest BCUT2D eigenvalue weighted by atomic mass is 10.2. The molecule has 0 radical (unpaired) electrons. The molecule has 0 N–H and O–H groups in total. The Balaban J connectivity index is 1.72. The van der Waals surface area contributed by atoms with Crippen LogP contribution < -0.4 is 4.74 Å². The van der Waals surface area contributed by atoms with E-state index in [2.05, 4.69) is 4.98 Å². The van der Waals surface area contributed by atoms with Crippen molar-refractivity contribution in [3.63, 3.8) is 0 Å². The number of benzene rings is 2. The number of hydrogen-bond donors (Lipinski definition) is 0. The number of amides is 1. The first-order valence-electron chi connectivity index (χ1n) is 9.04. The van der Waals surface area contributed by atoms with Crippen LogP contribution in [0.25, 0.3) is 10.6 Å². The molecule has 29 heavy (non-hydrogen) atoms. The number of hydrogen-bond acceptors (Lipinski definition) is 4. The van der Waals surface area contributed by atoms with Gasteiger partial charge in [0.15, 0.2) is 11.6 Å². The molecule has 0 bridgehead atoms. The zero-order chi connectivity index (χ0) is 21.0. The van der Waals surface area contributed by atoms with Gasteiger partial charge in [0, 0.05) is 30.1 Å². The first-order valence-corrected chi connectivity index (χ1v) is 9.92. The van der Waals surface area contributed by atoms with E-state index in [0.717, 1.165) is 12.1 Å². The van der Waals surface area contributed by atoms with Gasteiger partial charge in [-0.15, -0.1) is 11.3 Å². The third-order valence-electron chi connectivity index (χ3n) is 4.33. The Morgan fingerprint density at radius 2 is 1.79 bits per heavy atom. The summed E-state index contributed by atoms with van der Waals surface area (Å²) >= 11 is 1.19. The van der Waals surface area contributed by atoms with Gasteiger partial charge in [-0.3, -0.25) is 4.79 Å². The molecule has 0 spiro atoms. The maximum Gasteiger partial charge on any atom is 0.273 e. The maximum absolute atomic E-state index is 14.6. The fraction of sp³-hybridized carbons (Fsp3) is 0.238. The second-order valence-corrected chi connectivity index (χ2v) is 7.05. The second kappa shape index (κ2) is 9.09. The van der Waals surface area contributed by atoms with Crippen molar-refractivity contribution in [3.05, 3.63) is 70.5 Å². The van der Waals surface area contributed by atoms with Crippen molar-refractivity contribution >= 4 is 17.2 Å². The van der Waals surface area contributed by atoms with Crippen molar-refractivity contribution in [3.8, 4) is 16.3 Å². The molecular formula is C21H19F3N2O2S. The zero-order valence-electron chi connectivity index (χ0n) is 15.9. The van der Waals surface area contributed by atoms with Crippen LogP contribution >= 0.6 is 11.3 Å². The molecule has 0 saturated heterocycles. The molecule has 1 heterocycles. The van der Waals surface area contributed by atoms with E-state index in [-0.39, 0.29) is 29.5 Å². The fourth-order valence-corrected chi connectivity index (χ4v) is 3.54. The minimum atomic E-state index is -0.966. The molecule has 152 valence electrons. The number of ether oxygens (including phenoxy) is 1. The van der Waals surface area contributed by atoms with Crippen LogP contribution in [0.3, 0.4) is 0 Å². The highest BCUT2D eigenvalue weighted by Crippen LogP contribution is 2.29. The summed E-state index contributed by atoms with van der Waals surface area (Å²) in [6.45, 7) is 4.87. The van der Waals surface area contributed by atoms with Crippen LogP contribution in [0.5, 0.6) is 5.75 Å². The standard InChI is InChI=1S/C21H19F3N2O2S/c1-3-26(4-2)21(27)19-12-29-20(25-19)15-7-6-14(10-17(15)23)28-11-13-5-8-16(22)18(24)9-13/h5-10,12H,3-4,11H2,1-2H3. The van der Waals surface area contributed by atoms with Crippen molar-refractivity contribution in [1.82, 2.24) is 9.88 Å². The van der Waals surface area contributed by atoms with E-state index in [0.29, 0.717) is 23.7 Å². The van der Waals surface area contributed by atoms with Gasteiger partial charge >= 0.3 is 0 Å². The summed E-state index contributed by atoms with van der Waals surface area (Å²) in [6, 6.07) is 7.71. The smallest absolute Gasteiger partial charge is 0.273 e. The van der Waals surface area contributed by atoms with Gasteiger partial charge in [-0.1, -0.05) is 6.07 Å². The summed E-state index contributed by atoms with van der Waals surface area (Å²) in [4.78, 5) is 18.3. The molecule has 0 fully saturated rings. The van der Waals surface area contributed by atoms with Crippen molar-refractivity contribution < 1.29 is 22.7 Å². The summed E-state index contributed by atoms with van der Waals surface area (Å²) in [6.07, 6.45) is 0. The third kappa shape index (κ3) is 4.76. The Morgan fingerprint density at radius 1 is 1.03 bits per heavy atom. The van der Waals surface area contributed by atoms with Crippen molar-refractivity contribution in [2.75, 3.05) is 13.1 Å². The minimum absolute atomic E-state index is 0.0320. The largest absolute Gasteiger partial charge is 0.489 e. The van der Waals surface area contributed by atoms with Crippen LogP contribution in [0, 0.1) is 17.5 Å². The van der Waals surface area contributed by atoms with Crippen LogP contribution in [0.1, 0.15) is 29.9 Å². The molecule has 4 nitrogen and oxygen atoms in total. The Hall–Kier alpha value is -2.87. The quantitative estimate of drug-likeness (QED) is 0.522. The topological polar surface area (TPSA) is 42.4 Å². The van der Waals surface area contributed by atoms with Gasteiger partial charge in [0.2, 0.25) is 0 Å². The highest BCUT2D eigenvalue weighted by molar-refractivity contribution is 7.13. The second-order valence-electron chi connectivity index (χ2n) is 6.19. The van der Waals surface area contributed by atoms with Gasteiger partial charge in [0.1, 0.15) is 28.9 Å². The van der Waals surface area contributed by atoms with Gasteiger partial charge in [-0.05, 0) is 43.7 Å². The molecular weight excluding hydrogens is 401 g/mol. The lowest BCUT2D eigenvalue weighted by molar-refractivity contribution is 0.0768. The van der Waals surface area contributed by atoms with Crippen LogP contribution in [0.4, 0.5) is 13.2 Å². The Kier molecular flexibility index (Phi) is 6.53. The molecule has 0 saturated carbocycles. The highest BCUT2D eigenvalue weighted by atomic mass is 32.1. The lowest BCUT2D eigenvalue weighted by Gasteiger charge is -2.16. The average molecular weight is 420 g/mol. The van der Waals surface area contributed by atoms with Gasteiger partial charge in [-0.25, -0.2) is 18.2 Å². The molecule has 0 aliphatic heterocycles. The minimum Gasteiger partial charge on any atom is -0.489 e. The van der Waals surface area contributed by atoms with Crippen molar-refractivity contribution in [1.29, 1.82) is 0 Å². The first kappa shape index (κ1) is 20.9. The van der Waals surface area contributed by atoms with Crippen molar-refractivity contribution in [2.45, 2.75) is 20.5 Å². The van der Waals surface area contributed by atoms with E-state index < -0.39 is 17.5 Å². The Labute approximate surface area is 170 Å². The molecule has 0 aliphatic carbocycles. The predicted molar refractivity (Wildman–Crippen MR) is 105 cm³/mol.